The van der Waals surface area contributed by atoms with E-state index in [0.29, 0.717) is 18.0 Å². The molecule has 1 aromatic carbocycles. The van der Waals surface area contributed by atoms with Crippen molar-refractivity contribution < 1.29 is 9.47 Å². The Labute approximate surface area is 160 Å². The Bertz CT molecular complexity index is 1110. The van der Waals surface area contributed by atoms with Crippen molar-refractivity contribution in [3.8, 4) is 35.3 Å². The van der Waals surface area contributed by atoms with Gasteiger partial charge in [-0.2, -0.15) is 0 Å². The lowest BCUT2D eigenvalue weighted by molar-refractivity contribution is 0.386. The highest BCUT2D eigenvalue weighted by molar-refractivity contribution is 7.09. The predicted octanol–water partition coefficient (Wildman–Crippen LogP) is 4.05. The number of ether oxygens (including phenoxy) is 2. The van der Waals surface area contributed by atoms with Crippen LogP contribution in [0.1, 0.15) is 4.88 Å². The number of methoxy groups -OCH3 is 1. The minimum atomic E-state index is 0.488. The molecule has 0 aliphatic heterocycles. The van der Waals surface area contributed by atoms with Gasteiger partial charge in [0.05, 0.1) is 19.9 Å². The number of fused-ring (bicyclic) bond motifs is 1. The SMILES string of the molecule is C#COc1ccc(-c2nc3cnccn3c2NCc2cccs2)cc1OC. The van der Waals surface area contributed by atoms with Crippen molar-refractivity contribution in [1.82, 2.24) is 14.4 Å². The van der Waals surface area contributed by atoms with Crippen LogP contribution < -0.4 is 14.8 Å². The zero-order valence-corrected chi connectivity index (χ0v) is 15.4. The first-order valence-corrected chi connectivity index (χ1v) is 9.07. The fourth-order valence-corrected chi connectivity index (χ4v) is 3.47. The number of thiophene rings is 1. The lowest BCUT2D eigenvalue weighted by atomic mass is 10.1. The Kier molecular flexibility index (Phi) is 4.64. The second-order valence-corrected chi connectivity index (χ2v) is 6.66. The number of imidazole rings is 1. The van der Waals surface area contributed by atoms with Crippen LogP contribution in [0.2, 0.25) is 0 Å². The number of hydrogen-bond donors (Lipinski definition) is 1. The van der Waals surface area contributed by atoms with E-state index < -0.39 is 0 Å². The molecule has 0 radical (unpaired) electrons. The molecule has 0 spiro atoms. The number of aromatic nitrogens is 3. The van der Waals surface area contributed by atoms with E-state index in [4.69, 9.17) is 20.9 Å². The number of benzene rings is 1. The van der Waals surface area contributed by atoms with Crippen LogP contribution in [-0.2, 0) is 6.54 Å². The summed E-state index contributed by atoms with van der Waals surface area (Å²) in [7, 11) is 1.58. The highest BCUT2D eigenvalue weighted by Gasteiger charge is 2.16. The summed E-state index contributed by atoms with van der Waals surface area (Å²) in [6.45, 7) is 0.705. The van der Waals surface area contributed by atoms with Gasteiger partial charge in [0.25, 0.3) is 0 Å². The van der Waals surface area contributed by atoms with Crippen molar-refractivity contribution >= 4 is 22.8 Å². The predicted molar refractivity (Wildman–Crippen MR) is 106 cm³/mol. The fourth-order valence-electron chi connectivity index (χ4n) is 2.82. The van der Waals surface area contributed by atoms with Gasteiger partial charge in [0.2, 0.25) is 0 Å². The molecule has 1 N–H and O–H groups in total. The minimum absolute atomic E-state index is 0.488. The number of hydrogen-bond acceptors (Lipinski definition) is 6. The van der Waals surface area contributed by atoms with E-state index in [0.717, 1.165) is 22.7 Å². The number of rotatable bonds is 6. The van der Waals surface area contributed by atoms with Crippen molar-refractivity contribution in [2.75, 3.05) is 12.4 Å². The average Bonchev–Trinajstić information content (AvgIpc) is 3.34. The maximum Gasteiger partial charge on any atom is 0.182 e. The van der Waals surface area contributed by atoms with Gasteiger partial charge in [0.1, 0.15) is 17.6 Å². The van der Waals surface area contributed by atoms with Crippen LogP contribution in [0.4, 0.5) is 5.82 Å². The Balaban J connectivity index is 1.79. The molecule has 0 aliphatic rings. The van der Waals surface area contributed by atoms with Crippen LogP contribution in [0.5, 0.6) is 11.5 Å². The zero-order chi connectivity index (χ0) is 18.6. The van der Waals surface area contributed by atoms with Gasteiger partial charge in [-0.25, -0.2) is 4.98 Å². The summed E-state index contributed by atoms with van der Waals surface area (Å²) in [6.07, 6.45) is 12.8. The van der Waals surface area contributed by atoms with Crippen LogP contribution in [-0.4, -0.2) is 21.5 Å². The van der Waals surface area contributed by atoms with Gasteiger partial charge in [0.15, 0.2) is 17.1 Å². The first kappa shape index (κ1) is 16.9. The first-order valence-electron chi connectivity index (χ1n) is 8.19. The van der Waals surface area contributed by atoms with Crippen LogP contribution in [0, 0.1) is 12.5 Å². The summed E-state index contributed by atoms with van der Waals surface area (Å²) in [5, 5.41) is 5.55. The molecular weight excluding hydrogens is 360 g/mol. The Hall–Kier alpha value is -3.50. The van der Waals surface area contributed by atoms with Gasteiger partial charge in [0, 0.05) is 22.8 Å². The van der Waals surface area contributed by atoms with E-state index >= 15 is 0 Å². The molecule has 0 bridgehead atoms. The average molecular weight is 376 g/mol. The van der Waals surface area contributed by atoms with E-state index in [1.165, 1.54) is 4.88 Å². The van der Waals surface area contributed by atoms with Crippen molar-refractivity contribution in [1.29, 1.82) is 0 Å². The van der Waals surface area contributed by atoms with Gasteiger partial charge >= 0.3 is 0 Å². The molecule has 0 fully saturated rings. The van der Waals surface area contributed by atoms with Gasteiger partial charge in [-0.05, 0) is 29.6 Å². The molecule has 134 valence electrons. The molecule has 0 amide bonds. The van der Waals surface area contributed by atoms with Gasteiger partial charge in [-0.1, -0.05) is 12.5 Å². The van der Waals surface area contributed by atoms with Crippen LogP contribution in [0.15, 0.2) is 54.3 Å². The van der Waals surface area contributed by atoms with Gasteiger partial charge in [-0.3, -0.25) is 9.38 Å². The third-order valence-corrected chi connectivity index (χ3v) is 4.92. The van der Waals surface area contributed by atoms with Crippen molar-refractivity contribution in [2.45, 2.75) is 6.54 Å². The molecule has 4 aromatic rings. The monoisotopic (exact) mass is 376 g/mol. The first-order chi connectivity index (χ1) is 13.3. The number of terminal acetylenes is 1. The Morgan fingerprint density at radius 1 is 1.30 bits per heavy atom. The normalized spacial score (nSPS) is 10.5. The third kappa shape index (κ3) is 3.30. The third-order valence-electron chi connectivity index (χ3n) is 4.05. The lowest BCUT2D eigenvalue weighted by Gasteiger charge is -2.10. The molecule has 0 aliphatic carbocycles. The standard InChI is InChI=1S/C20H16N4O2S/c1-3-26-16-7-6-14(11-17(16)25-2)19-20(22-12-15-5-4-10-27-15)24-9-8-21-13-18(24)23-19/h1,4-11,13,22H,12H2,2H3. The largest absolute Gasteiger partial charge is 0.493 e. The van der Waals surface area contributed by atoms with Crippen LogP contribution >= 0.6 is 11.3 Å². The summed E-state index contributed by atoms with van der Waals surface area (Å²) >= 11 is 1.71. The molecule has 0 saturated heterocycles. The smallest absolute Gasteiger partial charge is 0.182 e. The van der Waals surface area contributed by atoms with E-state index in [9.17, 15) is 0 Å². The summed E-state index contributed by atoms with van der Waals surface area (Å²) in [6, 6.07) is 9.67. The summed E-state index contributed by atoms with van der Waals surface area (Å²) in [5.41, 5.74) is 2.43. The maximum absolute atomic E-state index is 5.41. The van der Waals surface area contributed by atoms with Crippen molar-refractivity contribution in [3.63, 3.8) is 0 Å². The van der Waals surface area contributed by atoms with E-state index in [1.54, 1.807) is 36.9 Å². The summed E-state index contributed by atoms with van der Waals surface area (Å²) < 4.78 is 12.5. The molecule has 27 heavy (non-hydrogen) atoms. The van der Waals surface area contributed by atoms with Crippen LogP contribution in [0.3, 0.4) is 0 Å². The molecule has 0 atom stereocenters. The molecule has 0 saturated carbocycles. The molecule has 3 heterocycles. The second kappa shape index (κ2) is 7.40. The summed E-state index contributed by atoms with van der Waals surface area (Å²) in [4.78, 5) is 10.1. The second-order valence-electron chi connectivity index (χ2n) is 5.63. The lowest BCUT2D eigenvalue weighted by Crippen LogP contribution is -2.02. The number of nitrogens with one attached hydrogen (secondary N) is 1. The molecular formula is C20H16N4O2S. The van der Waals surface area contributed by atoms with E-state index in [2.05, 4.69) is 27.9 Å². The number of nitrogens with zero attached hydrogens (tertiary/aromatic N) is 3. The quantitative estimate of drug-likeness (QED) is 0.515. The molecule has 0 unspecified atom stereocenters. The maximum atomic E-state index is 5.41. The molecule has 4 rings (SSSR count). The minimum Gasteiger partial charge on any atom is -0.493 e. The highest BCUT2D eigenvalue weighted by atomic mass is 32.1. The summed E-state index contributed by atoms with van der Waals surface area (Å²) in [5.74, 6) is 1.92. The Morgan fingerprint density at radius 3 is 3.00 bits per heavy atom. The Morgan fingerprint density at radius 2 is 2.22 bits per heavy atom. The topological polar surface area (TPSA) is 60.7 Å². The fraction of sp³-hybridized carbons (Fsp3) is 0.100. The van der Waals surface area contributed by atoms with Crippen LogP contribution in [0.25, 0.3) is 16.9 Å². The number of anilines is 1. The molecule has 7 heteroatoms. The highest BCUT2D eigenvalue weighted by Crippen LogP contribution is 2.35. The van der Waals surface area contributed by atoms with E-state index in [1.807, 2.05) is 28.8 Å². The van der Waals surface area contributed by atoms with Crippen molar-refractivity contribution in [3.05, 3.63) is 59.2 Å². The van der Waals surface area contributed by atoms with Crippen molar-refractivity contribution in [2.24, 2.45) is 0 Å². The van der Waals surface area contributed by atoms with Gasteiger partial charge in [-0.15, -0.1) is 11.3 Å². The van der Waals surface area contributed by atoms with E-state index in [-0.39, 0.29) is 0 Å². The molecule has 6 nitrogen and oxygen atoms in total. The molecule has 3 aromatic heterocycles. The van der Waals surface area contributed by atoms with Gasteiger partial charge < -0.3 is 14.8 Å². The zero-order valence-electron chi connectivity index (χ0n) is 14.5.